The first-order chi connectivity index (χ1) is 9.16. The first-order valence-corrected chi connectivity index (χ1v) is 6.66. The molecule has 0 spiro atoms. The summed E-state index contributed by atoms with van der Waals surface area (Å²) >= 11 is 1.08. The zero-order valence-electron chi connectivity index (χ0n) is 10.9. The summed E-state index contributed by atoms with van der Waals surface area (Å²) in [4.78, 5) is 0. The van der Waals surface area contributed by atoms with Gasteiger partial charge in [-0.15, -0.1) is 4.37 Å². The minimum atomic E-state index is -0.585. The molecule has 104 valence electrons. The Labute approximate surface area is 115 Å². The number of aromatic nitrogens is 4. The van der Waals surface area contributed by atoms with E-state index >= 15 is 0 Å². The van der Waals surface area contributed by atoms with E-state index < -0.39 is 6.10 Å². The van der Waals surface area contributed by atoms with E-state index in [1.165, 1.54) is 6.20 Å². The number of aryl methyl sites for hydroxylation is 1. The summed E-state index contributed by atoms with van der Waals surface area (Å²) in [6.45, 7) is 3.34. The van der Waals surface area contributed by atoms with Gasteiger partial charge in [-0.1, -0.05) is 0 Å². The lowest BCUT2D eigenvalue weighted by Crippen LogP contribution is -2.31. The average Bonchev–Trinajstić information content (AvgIpc) is 3.01. The Morgan fingerprint density at radius 3 is 3.00 bits per heavy atom. The maximum Gasteiger partial charge on any atom is 0.245 e. The van der Waals surface area contributed by atoms with Gasteiger partial charge in [0.15, 0.2) is 0 Å². The fourth-order valence-electron chi connectivity index (χ4n) is 1.55. The van der Waals surface area contributed by atoms with Gasteiger partial charge in [-0.3, -0.25) is 4.68 Å². The summed E-state index contributed by atoms with van der Waals surface area (Å²) in [5.41, 5.74) is 2.24. The highest BCUT2D eigenvalue weighted by atomic mass is 32.1. The molecule has 2 aromatic heterocycles. The van der Waals surface area contributed by atoms with E-state index in [0.717, 1.165) is 23.0 Å². The zero-order valence-corrected chi connectivity index (χ0v) is 11.7. The highest BCUT2D eigenvalue weighted by Gasteiger charge is 2.08. The number of hydrogen-bond donors (Lipinski definition) is 2. The van der Waals surface area contributed by atoms with E-state index in [-0.39, 0.29) is 6.61 Å². The summed E-state index contributed by atoms with van der Waals surface area (Å²) < 4.78 is 14.8. The van der Waals surface area contributed by atoms with Crippen LogP contribution in [0.2, 0.25) is 0 Å². The standard InChI is InChI=1S/C11H17N5O2S/c1-8-9(4-13-16(8)2)3-12-5-10(17)7-18-11-6-14-19-15-11/h4,6,10,12,17H,3,5,7H2,1-2H3. The molecule has 0 aromatic carbocycles. The van der Waals surface area contributed by atoms with Crippen LogP contribution < -0.4 is 10.1 Å². The maximum atomic E-state index is 9.75. The number of rotatable bonds is 7. The van der Waals surface area contributed by atoms with Crippen molar-refractivity contribution in [2.24, 2.45) is 7.05 Å². The number of nitrogens with one attached hydrogen (secondary N) is 1. The molecule has 2 heterocycles. The molecule has 1 unspecified atom stereocenters. The molecule has 2 aromatic rings. The van der Waals surface area contributed by atoms with Crippen molar-refractivity contribution < 1.29 is 9.84 Å². The molecule has 7 nitrogen and oxygen atoms in total. The SMILES string of the molecule is Cc1c(CNCC(O)COc2cnsn2)cnn1C. The van der Waals surface area contributed by atoms with Crippen molar-refractivity contribution >= 4 is 11.7 Å². The minimum Gasteiger partial charge on any atom is -0.473 e. The average molecular weight is 283 g/mol. The molecular formula is C11H17N5O2S. The number of aliphatic hydroxyl groups is 1. The normalized spacial score (nSPS) is 12.6. The molecule has 8 heteroatoms. The van der Waals surface area contributed by atoms with Gasteiger partial charge in [0.2, 0.25) is 5.88 Å². The fraction of sp³-hybridized carbons (Fsp3) is 0.545. The Morgan fingerprint density at radius 2 is 2.37 bits per heavy atom. The lowest BCUT2D eigenvalue weighted by Gasteiger charge is -2.11. The topological polar surface area (TPSA) is 85.1 Å². The summed E-state index contributed by atoms with van der Waals surface area (Å²) in [5.74, 6) is 0.451. The van der Waals surface area contributed by atoms with Gasteiger partial charge in [0.05, 0.1) is 17.9 Å². The molecule has 0 aliphatic rings. The van der Waals surface area contributed by atoms with Crippen LogP contribution in [0.5, 0.6) is 5.88 Å². The van der Waals surface area contributed by atoms with Crippen LogP contribution in [0.25, 0.3) is 0 Å². The molecule has 0 bridgehead atoms. The highest BCUT2D eigenvalue weighted by molar-refractivity contribution is 6.99. The Hall–Kier alpha value is -1.51. The number of hydrogen-bond acceptors (Lipinski definition) is 7. The molecule has 0 radical (unpaired) electrons. The third-order valence-corrected chi connectivity index (χ3v) is 3.26. The molecule has 0 aliphatic heterocycles. The van der Waals surface area contributed by atoms with E-state index in [4.69, 9.17) is 4.74 Å². The first-order valence-electron chi connectivity index (χ1n) is 5.93. The van der Waals surface area contributed by atoms with Gasteiger partial charge in [0.1, 0.15) is 18.9 Å². The van der Waals surface area contributed by atoms with Gasteiger partial charge < -0.3 is 15.2 Å². The minimum absolute atomic E-state index is 0.199. The quantitative estimate of drug-likeness (QED) is 0.750. The fourth-order valence-corrected chi connectivity index (χ4v) is 1.92. The Kier molecular flexibility index (Phi) is 4.83. The van der Waals surface area contributed by atoms with Gasteiger partial charge >= 0.3 is 0 Å². The lowest BCUT2D eigenvalue weighted by molar-refractivity contribution is 0.104. The molecule has 2 rings (SSSR count). The van der Waals surface area contributed by atoms with Crippen LogP contribution >= 0.6 is 11.7 Å². The van der Waals surface area contributed by atoms with E-state index in [2.05, 4.69) is 19.2 Å². The molecule has 1 atom stereocenters. The van der Waals surface area contributed by atoms with E-state index in [9.17, 15) is 5.11 Å². The molecule has 0 amide bonds. The summed E-state index contributed by atoms with van der Waals surface area (Å²) in [7, 11) is 1.91. The third kappa shape index (κ3) is 3.98. The van der Waals surface area contributed by atoms with Crippen LogP contribution in [0.1, 0.15) is 11.3 Å². The maximum absolute atomic E-state index is 9.75. The Morgan fingerprint density at radius 1 is 1.53 bits per heavy atom. The van der Waals surface area contributed by atoms with Crippen molar-refractivity contribution in [1.29, 1.82) is 0 Å². The second-order valence-electron chi connectivity index (χ2n) is 4.22. The highest BCUT2D eigenvalue weighted by Crippen LogP contribution is 2.06. The van der Waals surface area contributed by atoms with Crippen LogP contribution in [0.3, 0.4) is 0 Å². The van der Waals surface area contributed by atoms with E-state index in [1.54, 1.807) is 0 Å². The van der Waals surface area contributed by atoms with Crippen molar-refractivity contribution in [2.75, 3.05) is 13.2 Å². The van der Waals surface area contributed by atoms with Crippen molar-refractivity contribution in [3.05, 3.63) is 23.7 Å². The van der Waals surface area contributed by atoms with Gasteiger partial charge in [-0.25, -0.2) is 0 Å². The smallest absolute Gasteiger partial charge is 0.245 e. The lowest BCUT2D eigenvalue weighted by atomic mass is 10.2. The van der Waals surface area contributed by atoms with Crippen molar-refractivity contribution in [1.82, 2.24) is 23.8 Å². The number of nitrogens with zero attached hydrogens (tertiary/aromatic N) is 4. The van der Waals surface area contributed by atoms with Crippen LogP contribution in [0, 0.1) is 6.92 Å². The summed E-state index contributed by atoms with van der Waals surface area (Å²) in [5, 5.41) is 17.1. The van der Waals surface area contributed by atoms with Gasteiger partial charge in [-0.05, 0) is 6.92 Å². The molecule has 19 heavy (non-hydrogen) atoms. The number of aliphatic hydroxyl groups excluding tert-OH is 1. The molecule has 0 aliphatic carbocycles. The zero-order chi connectivity index (χ0) is 13.7. The van der Waals surface area contributed by atoms with Crippen LogP contribution in [-0.4, -0.2) is 42.9 Å². The van der Waals surface area contributed by atoms with E-state index in [1.807, 2.05) is 24.9 Å². The first kappa shape index (κ1) is 13.9. The molecule has 2 N–H and O–H groups in total. The van der Waals surface area contributed by atoms with Gasteiger partial charge in [0, 0.05) is 31.4 Å². The summed E-state index contributed by atoms with van der Waals surface area (Å²) in [6, 6.07) is 0. The monoisotopic (exact) mass is 283 g/mol. The molecule has 0 fully saturated rings. The van der Waals surface area contributed by atoms with Crippen molar-refractivity contribution in [3.8, 4) is 5.88 Å². The largest absolute Gasteiger partial charge is 0.473 e. The van der Waals surface area contributed by atoms with Crippen molar-refractivity contribution in [3.63, 3.8) is 0 Å². The molecule has 0 saturated carbocycles. The van der Waals surface area contributed by atoms with Crippen LogP contribution in [0.4, 0.5) is 0 Å². The van der Waals surface area contributed by atoms with Crippen LogP contribution in [0.15, 0.2) is 12.4 Å². The van der Waals surface area contributed by atoms with Gasteiger partial charge in [0.25, 0.3) is 0 Å². The summed E-state index contributed by atoms with van der Waals surface area (Å²) in [6.07, 6.45) is 2.77. The second-order valence-corrected chi connectivity index (χ2v) is 4.78. The predicted molar refractivity (Wildman–Crippen MR) is 71.1 cm³/mol. The van der Waals surface area contributed by atoms with E-state index in [0.29, 0.717) is 19.0 Å². The third-order valence-electron chi connectivity index (χ3n) is 2.80. The predicted octanol–water partition coefficient (Wildman–Crippen LogP) is 0.110. The number of ether oxygens (including phenoxy) is 1. The second kappa shape index (κ2) is 6.60. The van der Waals surface area contributed by atoms with Crippen LogP contribution in [-0.2, 0) is 13.6 Å². The van der Waals surface area contributed by atoms with Crippen molar-refractivity contribution in [2.45, 2.75) is 19.6 Å². The van der Waals surface area contributed by atoms with Gasteiger partial charge in [-0.2, -0.15) is 9.47 Å². The Balaban J connectivity index is 1.66. The Bertz CT molecular complexity index is 499. The molecular weight excluding hydrogens is 266 g/mol. The molecule has 0 saturated heterocycles.